The molecule has 0 saturated carbocycles. The van der Waals surface area contributed by atoms with Crippen LogP contribution in [0.4, 0.5) is 10.5 Å². The zero-order chi connectivity index (χ0) is 13.5. The monoisotopic (exact) mass is 250 g/mol. The summed E-state index contributed by atoms with van der Waals surface area (Å²) >= 11 is 0. The Labute approximate surface area is 107 Å². The summed E-state index contributed by atoms with van der Waals surface area (Å²) in [5.74, 6) is -0.286. The van der Waals surface area contributed by atoms with Crippen LogP contribution >= 0.6 is 0 Å². The van der Waals surface area contributed by atoms with Gasteiger partial charge < -0.3 is 15.4 Å². The molecule has 0 heterocycles. The van der Waals surface area contributed by atoms with E-state index in [-0.39, 0.29) is 19.1 Å². The fourth-order valence-electron chi connectivity index (χ4n) is 1.36. The molecular formula is C13H18N2O3. The second kappa shape index (κ2) is 6.64. The molecule has 2 amide bonds. The molecule has 0 spiro atoms. The summed E-state index contributed by atoms with van der Waals surface area (Å²) in [7, 11) is 0. The van der Waals surface area contributed by atoms with E-state index in [1.54, 1.807) is 6.92 Å². The second-order valence-corrected chi connectivity index (χ2v) is 3.92. The van der Waals surface area contributed by atoms with E-state index in [9.17, 15) is 9.59 Å². The average molecular weight is 250 g/mol. The van der Waals surface area contributed by atoms with Gasteiger partial charge >= 0.3 is 6.09 Å². The summed E-state index contributed by atoms with van der Waals surface area (Å²) < 4.78 is 4.65. The number of aryl methyl sites for hydroxylation is 2. The number of anilines is 1. The van der Waals surface area contributed by atoms with Gasteiger partial charge in [-0.2, -0.15) is 0 Å². The summed E-state index contributed by atoms with van der Waals surface area (Å²) in [5.41, 5.74) is 2.98. The van der Waals surface area contributed by atoms with Gasteiger partial charge in [0.25, 0.3) is 0 Å². The first-order chi connectivity index (χ1) is 8.52. The number of carbonyl (C=O) groups is 2. The minimum Gasteiger partial charge on any atom is -0.450 e. The highest BCUT2D eigenvalue weighted by Gasteiger charge is 2.06. The van der Waals surface area contributed by atoms with Gasteiger partial charge in [0.15, 0.2) is 0 Å². The molecule has 0 aromatic heterocycles. The third-order valence-corrected chi connectivity index (χ3v) is 2.46. The highest BCUT2D eigenvalue weighted by atomic mass is 16.5. The van der Waals surface area contributed by atoms with Crippen LogP contribution < -0.4 is 10.6 Å². The molecule has 0 aliphatic carbocycles. The second-order valence-electron chi connectivity index (χ2n) is 3.92. The van der Waals surface area contributed by atoms with Gasteiger partial charge in [0, 0.05) is 5.69 Å². The number of carbonyl (C=O) groups excluding carboxylic acids is 2. The third kappa shape index (κ3) is 4.45. The lowest BCUT2D eigenvalue weighted by atomic mass is 10.1. The van der Waals surface area contributed by atoms with Crippen molar-refractivity contribution < 1.29 is 14.3 Å². The van der Waals surface area contributed by atoms with Crippen molar-refractivity contribution in [2.24, 2.45) is 0 Å². The molecule has 5 nitrogen and oxygen atoms in total. The summed E-state index contributed by atoms with van der Waals surface area (Å²) in [6.45, 7) is 5.86. The summed E-state index contributed by atoms with van der Waals surface area (Å²) in [6, 6.07) is 5.64. The van der Waals surface area contributed by atoms with E-state index in [1.807, 2.05) is 32.0 Å². The fourth-order valence-corrected chi connectivity index (χ4v) is 1.36. The van der Waals surface area contributed by atoms with Crippen molar-refractivity contribution in [3.8, 4) is 0 Å². The average Bonchev–Trinajstić information content (AvgIpc) is 2.32. The number of alkyl carbamates (subject to hydrolysis) is 1. The third-order valence-electron chi connectivity index (χ3n) is 2.46. The van der Waals surface area contributed by atoms with Crippen molar-refractivity contribution in [1.29, 1.82) is 0 Å². The number of hydrogen-bond acceptors (Lipinski definition) is 3. The van der Waals surface area contributed by atoms with Crippen LogP contribution in [-0.4, -0.2) is 25.2 Å². The van der Waals surface area contributed by atoms with Crippen LogP contribution in [0.2, 0.25) is 0 Å². The van der Waals surface area contributed by atoms with Crippen LogP contribution in [0.1, 0.15) is 18.1 Å². The van der Waals surface area contributed by atoms with Gasteiger partial charge in [-0.15, -0.1) is 0 Å². The Morgan fingerprint density at radius 3 is 2.56 bits per heavy atom. The Bertz CT molecular complexity index is 444. The molecule has 0 atom stereocenters. The van der Waals surface area contributed by atoms with E-state index < -0.39 is 6.09 Å². The van der Waals surface area contributed by atoms with Gasteiger partial charge in [0.2, 0.25) is 5.91 Å². The maximum Gasteiger partial charge on any atom is 0.407 e. The summed E-state index contributed by atoms with van der Waals surface area (Å²) in [4.78, 5) is 22.5. The number of amides is 2. The molecule has 18 heavy (non-hydrogen) atoms. The Kier molecular flexibility index (Phi) is 5.17. The van der Waals surface area contributed by atoms with Gasteiger partial charge in [-0.3, -0.25) is 4.79 Å². The maximum atomic E-state index is 11.5. The van der Waals surface area contributed by atoms with Gasteiger partial charge in [-0.1, -0.05) is 6.07 Å². The van der Waals surface area contributed by atoms with E-state index >= 15 is 0 Å². The molecule has 98 valence electrons. The highest BCUT2D eigenvalue weighted by molar-refractivity contribution is 5.93. The molecule has 5 heteroatoms. The van der Waals surface area contributed by atoms with Gasteiger partial charge in [0.05, 0.1) is 6.61 Å². The number of rotatable bonds is 4. The van der Waals surface area contributed by atoms with Crippen LogP contribution in [-0.2, 0) is 9.53 Å². The van der Waals surface area contributed by atoms with Crippen LogP contribution in [0, 0.1) is 13.8 Å². The quantitative estimate of drug-likeness (QED) is 0.858. The van der Waals surface area contributed by atoms with E-state index in [4.69, 9.17) is 0 Å². The van der Waals surface area contributed by atoms with Crippen molar-refractivity contribution in [2.45, 2.75) is 20.8 Å². The topological polar surface area (TPSA) is 67.4 Å². The molecule has 1 aromatic rings. The Morgan fingerprint density at radius 2 is 1.94 bits per heavy atom. The molecule has 1 rings (SSSR count). The van der Waals surface area contributed by atoms with Gasteiger partial charge in [0.1, 0.15) is 6.54 Å². The first kappa shape index (κ1) is 14.0. The van der Waals surface area contributed by atoms with E-state index in [1.165, 1.54) is 0 Å². The molecule has 0 aliphatic heterocycles. The van der Waals surface area contributed by atoms with Crippen molar-refractivity contribution >= 4 is 17.7 Å². The smallest absolute Gasteiger partial charge is 0.407 e. The van der Waals surface area contributed by atoms with E-state index in [0.29, 0.717) is 5.69 Å². The predicted octanol–water partition coefficient (Wildman–Crippen LogP) is 1.99. The molecule has 0 bridgehead atoms. The standard InChI is InChI=1S/C13H18N2O3/c1-4-18-13(17)14-8-12(16)15-11-6-5-9(2)10(3)7-11/h5-7H,4,8H2,1-3H3,(H,14,17)(H,15,16). The lowest BCUT2D eigenvalue weighted by Gasteiger charge is -2.08. The largest absolute Gasteiger partial charge is 0.450 e. The zero-order valence-corrected chi connectivity index (χ0v) is 10.9. The summed E-state index contributed by atoms with van der Waals surface area (Å²) in [5, 5.41) is 5.05. The molecule has 1 aromatic carbocycles. The first-order valence-corrected chi connectivity index (χ1v) is 5.80. The number of hydrogen-bond donors (Lipinski definition) is 2. The van der Waals surface area contributed by atoms with Gasteiger partial charge in [-0.25, -0.2) is 4.79 Å². The van der Waals surface area contributed by atoms with Crippen LogP contribution in [0.5, 0.6) is 0 Å². The lowest BCUT2D eigenvalue weighted by molar-refractivity contribution is -0.115. The summed E-state index contributed by atoms with van der Waals surface area (Å²) in [6.07, 6.45) is -0.590. The SMILES string of the molecule is CCOC(=O)NCC(=O)Nc1ccc(C)c(C)c1. The molecule has 0 radical (unpaired) electrons. The molecule has 0 aliphatic rings. The van der Waals surface area contributed by atoms with E-state index in [2.05, 4.69) is 15.4 Å². The van der Waals surface area contributed by atoms with Crippen LogP contribution in [0.15, 0.2) is 18.2 Å². The zero-order valence-electron chi connectivity index (χ0n) is 10.9. The van der Waals surface area contributed by atoms with Gasteiger partial charge in [-0.05, 0) is 44.0 Å². The Hall–Kier alpha value is -2.04. The van der Waals surface area contributed by atoms with Crippen LogP contribution in [0.3, 0.4) is 0 Å². The van der Waals surface area contributed by atoms with Crippen molar-refractivity contribution in [2.75, 3.05) is 18.5 Å². The minimum absolute atomic E-state index is 0.105. The Morgan fingerprint density at radius 1 is 1.22 bits per heavy atom. The van der Waals surface area contributed by atoms with Crippen molar-refractivity contribution in [3.05, 3.63) is 29.3 Å². The Balaban J connectivity index is 2.44. The molecule has 2 N–H and O–H groups in total. The van der Waals surface area contributed by atoms with Crippen molar-refractivity contribution in [1.82, 2.24) is 5.32 Å². The number of benzene rings is 1. The maximum absolute atomic E-state index is 11.5. The molecule has 0 fully saturated rings. The molecule has 0 saturated heterocycles. The number of nitrogens with one attached hydrogen (secondary N) is 2. The normalized spacial score (nSPS) is 9.72. The lowest BCUT2D eigenvalue weighted by Crippen LogP contribution is -2.33. The van der Waals surface area contributed by atoms with E-state index in [0.717, 1.165) is 11.1 Å². The minimum atomic E-state index is -0.590. The molecule has 0 unspecified atom stereocenters. The first-order valence-electron chi connectivity index (χ1n) is 5.80. The van der Waals surface area contributed by atoms with Crippen LogP contribution in [0.25, 0.3) is 0 Å². The van der Waals surface area contributed by atoms with Crippen molar-refractivity contribution in [3.63, 3.8) is 0 Å². The highest BCUT2D eigenvalue weighted by Crippen LogP contribution is 2.13. The molecular weight excluding hydrogens is 232 g/mol. The fraction of sp³-hybridized carbons (Fsp3) is 0.385. The number of ether oxygens (including phenoxy) is 1. The predicted molar refractivity (Wildman–Crippen MR) is 69.6 cm³/mol.